The highest BCUT2D eigenvalue weighted by molar-refractivity contribution is 6.35. The van der Waals surface area contributed by atoms with Crippen LogP contribution in [0.4, 0.5) is 5.69 Å². The number of aryl methyl sites for hydroxylation is 1. The first-order chi connectivity index (χ1) is 14.7. The number of hydrogen-bond acceptors (Lipinski definition) is 5. The highest BCUT2D eigenvalue weighted by Gasteiger charge is 2.13. The lowest BCUT2D eigenvalue weighted by atomic mass is 10.1. The summed E-state index contributed by atoms with van der Waals surface area (Å²) in [5.41, 5.74) is 3.33. The molecule has 1 aliphatic rings. The van der Waals surface area contributed by atoms with Crippen molar-refractivity contribution in [1.29, 1.82) is 0 Å². The molecule has 1 saturated heterocycles. The Bertz CT molecular complexity index is 815. The molecule has 7 heteroatoms. The van der Waals surface area contributed by atoms with Gasteiger partial charge in [0.05, 0.1) is 20.3 Å². The molecule has 2 aromatic rings. The first-order valence-corrected chi connectivity index (χ1v) is 10.3. The topological polar surface area (TPSA) is 79.9 Å². The number of rotatable bonds is 8. The van der Waals surface area contributed by atoms with E-state index in [1.807, 2.05) is 24.3 Å². The minimum atomic E-state index is -0.624. The van der Waals surface area contributed by atoms with Gasteiger partial charge in [-0.25, -0.2) is 0 Å². The van der Waals surface area contributed by atoms with E-state index in [4.69, 9.17) is 9.47 Å². The molecular formula is C23H29N3O4. The molecular weight excluding hydrogens is 382 g/mol. The van der Waals surface area contributed by atoms with E-state index in [0.29, 0.717) is 13.1 Å². The summed E-state index contributed by atoms with van der Waals surface area (Å²) in [6.45, 7) is 4.15. The normalized spacial score (nSPS) is 13.6. The number of anilines is 1. The molecule has 0 radical (unpaired) electrons. The van der Waals surface area contributed by atoms with Gasteiger partial charge >= 0.3 is 11.8 Å². The van der Waals surface area contributed by atoms with E-state index in [0.717, 1.165) is 50.5 Å². The number of ether oxygens (including phenoxy) is 2. The van der Waals surface area contributed by atoms with Gasteiger partial charge in [0.1, 0.15) is 5.75 Å². The molecule has 0 spiro atoms. The van der Waals surface area contributed by atoms with Gasteiger partial charge in [-0.1, -0.05) is 24.3 Å². The quantitative estimate of drug-likeness (QED) is 0.512. The lowest BCUT2D eigenvalue weighted by Crippen LogP contribution is -2.40. The van der Waals surface area contributed by atoms with Crippen molar-refractivity contribution in [3.63, 3.8) is 0 Å². The number of carbonyl (C=O) groups excluding carboxylic acids is 2. The third kappa shape index (κ3) is 6.49. The van der Waals surface area contributed by atoms with Gasteiger partial charge in [-0.05, 0) is 48.2 Å². The largest absolute Gasteiger partial charge is 0.497 e. The average molecular weight is 412 g/mol. The molecule has 1 aliphatic heterocycles. The van der Waals surface area contributed by atoms with Gasteiger partial charge in [-0.15, -0.1) is 0 Å². The summed E-state index contributed by atoms with van der Waals surface area (Å²) in [6.07, 6.45) is 1.62. The Morgan fingerprint density at radius 3 is 2.23 bits per heavy atom. The number of hydrogen-bond donors (Lipinski definition) is 2. The van der Waals surface area contributed by atoms with Gasteiger partial charge in [0.15, 0.2) is 0 Å². The van der Waals surface area contributed by atoms with Crippen molar-refractivity contribution in [2.24, 2.45) is 0 Å². The van der Waals surface area contributed by atoms with Gasteiger partial charge < -0.3 is 25.0 Å². The van der Waals surface area contributed by atoms with Crippen LogP contribution in [0.15, 0.2) is 48.5 Å². The second-order valence-electron chi connectivity index (χ2n) is 7.16. The lowest BCUT2D eigenvalue weighted by Gasteiger charge is -2.28. The number of amides is 2. The summed E-state index contributed by atoms with van der Waals surface area (Å²) in [4.78, 5) is 26.2. The molecule has 160 valence electrons. The van der Waals surface area contributed by atoms with Gasteiger partial charge in [0.2, 0.25) is 0 Å². The zero-order valence-corrected chi connectivity index (χ0v) is 17.4. The average Bonchev–Trinajstić information content (AvgIpc) is 2.81. The highest BCUT2D eigenvalue weighted by Crippen LogP contribution is 2.17. The van der Waals surface area contributed by atoms with Crippen LogP contribution in [0.1, 0.15) is 17.5 Å². The van der Waals surface area contributed by atoms with Gasteiger partial charge in [0, 0.05) is 31.9 Å². The molecule has 30 heavy (non-hydrogen) atoms. The molecule has 0 atom stereocenters. The van der Waals surface area contributed by atoms with Crippen molar-refractivity contribution in [2.45, 2.75) is 19.4 Å². The summed E-state index contributed by atoms with van der Waals surface area (Å²) in [6, 6.07) is 15.8. The van der Waals surface area contributed by atoms with Crippen LogP contribution in [-0.4, -0.2) is 51.8 Å². The van der Waals surface area contributed by atoms with E-state index in [-0.39, 0.29) is 0 Å². The molecule has 0 aromatic heterocycles. The molecule has 0 saturated carbocycles. The van der Waals surface area contributed by atoms with Crippen LogP contribution >= 0.6 is 0 Å². The molecule has 3 rings (SSSR count). The van der Waals surface area contributed by atoms with E-state index >= 15 is 0 Å². The third-order valence-corrected chi connectivity index (χ3v) is 5.06. The Balaban J connectivity index is 1.33. The van der Waals surface area contributed by atoms with Crippen molar-refractivity contribution < 1.29 is 19.1 Å². The fourth-order valence-electron chi connectivity index (χ4n) is 3.28. The standard InChI is InChI=1S/C23H29N3O4/c1-29-21-10-6-19(7-11-21)17-25-23(28)22(27)24-12-2-3-18-4-8-20(9-5-18)26-13-15-30-16-14-26/h4-11H,2-3,12-17H2,1H3,(H,24,27)(H,25,28). The molecule has 0 aliphatic carbocycles. The number of benzene rings is 2. The van der Waals surface area contributed by atoms with Crippen molar-refractivity contribution in [2.75, 3.05) is 44.9 Å². The zero-order valence-electron chi connectivity index (χ0n) is 17.4. The van der Waals surface area contributed by atoms with E-state index < -0.39 is 11.8 Å². The second-order valence-corrected chi connectivity index (χ2v) is 7.16. The Morgan fingerprint density at radius 1 is 0.933 bits per heavy atom. The molecule has 1 heterocycles. The van der Waals surface area contributed by atoms with Crippen LogP contribution in [0.5, 0.6) is 5.75 Å². The SMILES string of the molecule is COc1ccc(CNC(=O)C(=O)NCCCc2ccc(N3CCOCC3)cc2)cc1. The Morgan fingerprint density at radius 2 is 1.57 bits per heavy atom. The zero-order chi connectivity index (χ0) is 21.2. The molecule has 0 bridgehead atoms. The number of methoxy groups -OCH3 is 1. The van der Waals surface area contributed by atoms with Crippen LogP contribution < -0.4 is 20.3 Å². The van der Waals surface area contributed by atoms with Crippen molar-refractivity contribution in [3.05, 3.63) is 59.7 Å². The van der Waals surface area contributed by atoms with Crippen LogP contribution in [0.2, 0.25) is 0 Å². The van der Waals surface area contributed by atoms with E-state index in [2.05, 4.69) is 39.8 Å². The molecule has 2 amide bonds. The molecule has 0 unspecified atom stereocenters. The van der Waals surface area contributed by atoms with Crippen LogP contribution in [0, 0.1) is 0 Å². The molecule has 7 nitrogen and oxygen atoms in total. The number of morpholine rings is 1. The fourth-order valence-corrected chi connectivity index (χ4v) is 3.28. The van der Waals surface area contributed by atoms with Gasteiger partial charge in [0.25, 0.3) is 0 Å². The maximum absolute atomic E-state index is 11.9. The maximum Gasteiger partial charge on any atom is 0.309 e. The second kappa shape index (κ2) is 11.2. The van der Waals surface area contributed by atoms with Crippen LogP contribution in [0.25, 0.3) is 0 Å². The Hall–Kier alpha value is -3.06. The maximum atomic E-state index is 11.9. The van der Waals surface area contributed by atoms with Gasteiger partial charge in [-0.2, -0.15) is 0 Å². The summed E-state index contributed by atoms with van der Waals surface area (Å²) in [5, 5.41) is 5.30. The summed E-state index contributed by atoms with van der Waals surface area (Å²) in [5.74, 6) is -0.481. The monoisotopic (exact) mass is 411 g/mol. The van der Waals surface area contributed by atoms with Crippen LogP contribution in [0.3, 0.4) is 0 Å². The minimum Gasteiger partial charge on any atom is -0.497 e. The molecule has 2 aromatic carbocycles. The highest BCUT2D eigenvalue weighted by atomic mass is 16.5. The molecule has 1 fully saturated rings. The Labute approximate surface area is 177 Å². The van der Waals surface area contributed by atoms with E-state index in [9.17, 15) is 9.59 Å². The minimum absolute atomic E-state index is 0.297. The lowest BCUT2D eigenvalue weighted by molar-refractivity contribution is -0.139. The van der Waals surface area contributed by atoms with E-state index in [1.54, 1.807) is 7.11 Å². The number of nitrogens with one attached hydrogen (secondary N) is 2. The predicted octanol–water partition coefficient (Wildman–Crippen LogP) is 1.90. The van der Waals surface area contributed by atoms with Gasteiger partial charge in [-0.3, -0.25) is 9.59 Å². The van der Waals surface area contributed by atoms with Crippen molar-refractivity contribution in [1.82, 2.24) is 10.6 Å². The third-order valence-electron chi connectivity index (χ3n) is 5.06. The van der Waals surface area contributed by atoms with E-state index in [1.165, 1.54) is 11.3 Å². The predicted molar refractivity (Wildman–Crippen MR) is 116 cm³/mol. The summed E-state index contributed by atoms with van der Waals surface area (Å²) < 4.78 is 10.5. The first kappa shape index (κ1) is 21.6. The van der Waals surface area contributed by atoms with Crippen LogP contribution in [-0.2, 0) is 27.3 Å². The number of nitrogens with zero attached hydrogens (tertiary/aromatic N) is 1. The molecule has 2 N–H and O–H groups in total. The number of carbonyl (C=O) groups is 2. The smallest absolute Gasteiger partial charge is 0.309 e. The summed E-state index contributed by atoms with van der Waals surface area (Å²) in [7, 11) is 1.60. The summed E-state index contributed by atoms with van der Waals surface area (Å²) >= 11 is 0. The first-order valence-electron chi connectivity index (χ1n) is 10.3. The fraction of sp³-hybridized carbons (Fsp3) is 0.391. The van der Waals surface area contributed by atoms with Crippen molar-refractivity contribution in [3.8, 4) is 5.75 Å². The Kier molecular flexibility index (Phi) is 8.09. The van der Waals surface area contributed by atoms with Crippen molar-refractivity contribution >= 4 is 17.5 Å².